The molecule has 1 amide bonds. The van der Waals surface area contributed by atoms with E-state index in [0.717, 1.165) is 22.3 Å². The Bertz CT molecular complexity index is 786. The van der Waals surface area contributed by atoms with E-state index in [2.05, 4.69) is 0 Å². The number of benzene rings is 2. The van der Waals surface area contributed by atoms with Crippen molar-refractivity contribution in [3.05, 3.63) is 59.7 Å². The topological polar surface area (TPSA) is 66.8 Å². The molecule has 25 heavy (non-hydrogen) atoms. The molecule has 130 valence electrons. The van der Waals surface area contributed by atoms with E-state index in [-0.39, 0.29) is 6.42 Å². The third kappa shape index (κ3) is 2.47. The lowest BCUT2D eigenvalue weighted by molar-refractivity contribution is -0.150. The van der Waals surface area contributed by atoms with E-state index in [1.807, 2.05) is 48.5 Å². The summed E-state index contributed by atoms with van der Waals surface area (Å²) in [5.74, 6) is -1.05. The van der Waals surface area contributed by atoms with Crippen LogP contribution in [0.15, 0.2) is 48.5 Å². The van der Waals surface area contributed by atoms with Crippen LogP contribution in [0.4, 0.5) is 4.79 Å². The van der Waals surface area contributed by atoms with Crippen LogP contribution < -0.4 is 0 Å². The number of carbonyl (C=O) groups is 2. The molecule has 0 fully saturated rings. The minimum atomic E-state index is -1.39. The molecule has 1 aliphatic carbocycles. The van der Waals surface area contributed by atoms with Crippen LogP contribution >= 0.6 is 0 Å². The van der Waals surface area contributed by atoms with E-state index in [1.54, 1.807) is 13.8 Å². The van der Waals surface area contributed by atoms with Gasteiger partial charge >= 0.3 is 12.1 Å². The zero-order chi connectivity index (χ0) is 18.2. The van der Waals surface area contributed by atoms with Gasteiger partial charge in [-0.15, -0.1) is 0 Å². The predicted octanol–water partition coefficient (Wildman–Crippen LogP) is 4.08. The fourth-order valence-corrected chi connectivity index (χ4v) is 3.52. The number of rotatable bonds is 4. The summed E-state index contributed by atoms with van der Waals surface area (Å²) in [5, 5.41) is 9.85. The van der Waals surface area contributed by atoms with Crippen molar-refractivity contribution in [2.24, 2.45) is 0 Å². The van der Waals surface area contributed by atoms with Gasteiger partial charge in [0.15, 0.2) is 0 Å². The Morgan fingerprint density at radius 2 is 1.56 bits per heavy atom. The Labute approximate surface area is 146 Å². The van der Waals surface area contributed by atoms with Crippen LogP contribution in [-0.4, -0.2) is 34.7 Å². The second kappa shape index (κ2) is 6.24. The van der Waals surface area contributed by atoms with Gasteiger partial charge in [0.05, 0.1) is 13.2 Å². The highest BCUT2D eigenvalue weighted by Gasteiger charge is 2.48. The molecule has 2 aromatic rings. The molecule has 0 saturated heterocycles. The summed E-state index contributed by atoms with van der Waals surface area (Å²) >= 11 is 0. The number of fused-ring (bicyclic) bond motifs is 3. The Morgan fingerprint density at radius 1 is 1.08 bits per heavy atom. The molecule has 0 saturated carbocycles. The van der Waals surface area contributed by atoms with Crippen molar-refractivity contribution >= 4 is 12.1 Å². The molecule has 5 heteroatoms. The summed E-state index contributed by atoms with van der Waals surface area (Å²) in [4.78, 5) is 26.1. The van der Waals surface area contributed by atoms with Gasteiger partial charge in [0.2, 0.25) is 0 Å². The van der Waals surface area contributed by atoms with Gasteiger partial charge in [0.25, 0.3) is 0 Å². The van der Waals surface area contributed by atoms with Gasteiger partial charge in [-0.25, -0.2) is 9.59 Å². The van der Waals surface area contributed by atoms with Gasteiger partial charge in [0.1, 0.15) is 5.54 Å². The minimum Gasteiger partial charge on any atom is -0.480 e. The number of carbonyl (C=O) groups excluding carboxylic acids is 1. The highest BCUT2D eigenvalue weighted by Crippen LogP contribution is 2.48. The Morgan fingerprint density at radius 3 is 1.96 bits per heavy atom. The third-order valence-electron chi connectivity index (χ3n) is 5.11. The van der Waals surface area contributed by atoms with Crippen LogP contribution in [0.5, 0.6) is 0 Å². The zero-order valence-corrected chi connectivity index (χ0v) is 14.5. The number of aliphatic carboxylic acids is 1. The monoisotopic (exact) mass is 339 g/mol. The van der Waals surface area contributed by atoms with Gasteiger partial charge < -0.3 is 9.84 Å². The summed E-state index contributed by atoms with van der Waals surface area (Å²) in [6.45, 7) is 3.33. The molecule has 0 bridgehead atoms. The standard InChI is InChI=1S/C20H21NO4/c1-4-20(2,18(22)23)21(19(24)25-3)17-15-11-7-5-9-13(15)14-10-6-8-12-16(14)17/h5-12,17H,4H2,1-3H3,(H,22,23)/t20-/m1/s1. The van der Waals surface area contributed by atoms with Gasteiger partial charge in [-0.05, 0) is 35.6 Å². The lowest BCUT2D eigenvalue weighted by Gasteiger charge is -2.40. The van der Waals surface area contributed by atoms with Crippen molar-refractivity contribution in [2.75, 3.05) is 7.11 Å². The van der Waals surface area contributed by atoms with E-state index in [4.69, 9.17) is 4.74 Å². The molecule has 2 aromatic carbocycles. The van der Waals surface area contributed by atoms with Crippen molar-refractivity contribution in [1.29, 1.82) is 0 Å². The first-order valence-electron chi connectivity index (χ1n) is 8.24. The quantitative estimate of drug-likeness (QED) is 0.911. The maximum Gasteiger partial charge on any atom is 0.411 e. The molecular weight excluding hydrogens is 318 g/mol. The van der Waals surface area contributed by atoms with Crippen LogP contribution in [0, 0.1) is 0 Å². The normalized spacial score (nSPS) is 15.0. The summed E-state index contributed by atoms with van der Waals surface area (Å²) in [5.41, 5.74) is 2.47. The number of amides is 1. The van der Waals surface area contributed by atoms with E-state index in [0.29, 0.717) is 0 Å². The molecule has 0 radical (unpaired) electrons. The van der Waals surface area contributed by atoms with Crippen molar-refractivity contribution in [1.82, 2.24) is 4.90 Å². The number of carboxylic acid groups (broad SMARTS) is 1. The second-order valence-corrected chi connectivity index (χ2v) is 6.35. The maximum atomic E-state index is 12.7. The summed E-state index contributed by atoms with van der Waals surface area (Å²) < 4.78 is 4.98. The van der Waals surface area contributed by atoms with Crippen LogP contribution in [0.2, 0.25) is 0 Å². The Balaban J connectivity index is 2.27. The van der Waals surface area contributed by atoms with Crippen molar-refractivity contribution in [3.8, 4) is 11.1 Å². The molecule has 5 nitrogen and oxygen atoms in total. The lowest BCUT2D eigenvalue weighted by Crippen LogP contribution is -2.56. The smallest absolute Gasteiger partial charge is 0.411 e. The molecule has 1 N–H and O–H groups in total. The maximum absolute atomic E-state index is 12.7. The van der Waals surface area contributed by atoms with Crippen molar-refractivity contribution in [2.45, 2.75) is 31.8 Å². The van der Waals surface area contributed by atoms with E-state index in [9.17, 15) is 14.7 Å². The number of carboxylic acids is 1. The van der Waals surface area contributed by atoms with Gasteiger partial charge in [-0.2, -0.15) is 0 Å². The highest BCUT2D eigenvalue weighted by molar-refractivity contribution is 5.87. The summed E-state index contributed by atoms with van der Waals surface area (Å²) in [7, 11) is 1.28. The average molecular weight is 339 g/mol. The number of nitrogens with zero attached hydrogens (tertiary/aromatic N) is 1. The molecule has 1 atom stereocenters. The second-order valence-electron chi connectivity index (χ2n) is 6.35. The van der Waals surface area contributed by atoms with E-state index in [1.165, 1.54) is 12.0 Å². The molecule has 1 aliphatic rings. The first-order chi connectivity index (χ1) is 12.0. The molecule has 0 aromatic heterocycles. The number of hydrogen-bond acceptors (Lipinski definition) is 3. The SMILES string of the molecule is CC[C@](C)(C(=O)O)N(C(=O)OC)C1c2ccccc2-c2ccccc21. The van der Waals surface area contributed by atoms with Crippen LogP contribution in [0.1, 0.15) is 37.4 Å². The zero-order valence-electron chi connectivity index (χ0n) is 14.5. The van der Waals surface area contributed by atoms with Crippen LogP contribution in [0.3, 0.4) is 0 Å². The molecule has 0 unspecified atom stereocenters. The van der Waals surface area contributed by atoms with E-state index >= 15 is 0 Å². The lowest BCUT2D eigenvalue weighted by atomic mass is 9.91. The van der Waals surface area contributed by atoms with Crippen molar-refractivity contribution in [3.63, 3.8) is 0 Å². The van der Waals surface area contributed by atoms with Gasteiger partial charge in [-0.1, -0.05) is 55.5 Å². The number of ether oxygens (including phenoxy) is 1. The van der Waals surface area contributed by atoms with Crippen molar-refractivity contribution < 1.29 is 19.4 Å². The fraction of sp³-hybridized carbons (Fsp3) is 0.300. The first kappa shape index (κ1) is 17.0. The molecule has 0 spiro atoms. The number of methoxy groups -OCH3 is 1. The van der Waals surface area contributed by atoms with Gasteiger partial charge in [-0.3, -0.25) is 4.90 Å². The Hall–Kier alpha value is -2.82. The fourth-order valence-electron chi connectivity index (χ4n) is 3.52. The van der Waals surface area contributed by atoms with Gasteiger partial charge in [0, 0.05) is 0 Å². The molecule has 0 aliphatic heterocycles. The highest BCUT2D eigenvalue weighted by atomic mass is 16.5. The third-order valence-corrected chi connectivity index (χ3v) is 5.11. The minimum absolute atomic E-state index is 0.262. The van der Waals surface area contributed by atoms with E-state index < -0.39 is 23.6 Å². The Kier molecular flexibility index (Phi) is 4.25. The average Bonchev–Trinajstić information content (AvgIpc) is 2.96. The summed E-state index contributed by atoms with van der Waals surface area (Å²) in [6.07, 6.45) is -0.388. The summed E-state index contributed by atoms with van der Waals surface area (Å²) in [6, 6.07) is 15.0. The molecule has 3 rings (SSSR count). The van der Waals surface area contributed by atoms with Crippen LogP contribution in [0.25, 0.3) is 11.1 Å². The largest absolute Gasteiger partial charge is 0.480 e. The number of hydrogen-bond donors (Lipinski definition) is 1. The predicted molar refractivity (Wildman–Crippen MR) is 94.3 cm³/mol. The van der Waals surface area contributed by atoms with Crippen LogP contribution in [-0.2, 0) is 9.53 Å². The molecule has 0 heterocycles. The first-order valence-corrected chi connectivity index (χ1v) is 8.24. The molecular formula is C20H21NO4.